The summed E-state index contributed by atoms with van der Waals surface area (Å²) in [4.78, 5) is 44.1. The van der Waals surface area contributed by atoms with Gasteiger partial charge in [-0.3, -0.25) is 19.5 Å². The van der Waals surface area contributed by atoms with Gasteiger partial charge in [-0.25, -0.2) is 4.79 Å². The first-order valence-corrected chi connectivity index (χ1v) is 11.0. The standard InChI is InChI=1S/C27H24N2O6/c1-16(2)35-27(33)17-9-11-20(12-10-17)29-23(19-7-5-13-28-15-19)22(25(31)26(29)32)24(30)18-6-4-8-21(14-18)34-3/h4-16,23,30H,1-3H3/b24-22+. The fraction of sp³-hybridized carbons (Fsp3) is 0.185. The first-order valence-electron chi connectivity index (χ1n) is 11.0. The van der Waals surface area contributed by atoms with Crippen molar-refractivity contribution in [2.45, 2.75) is 26.0 Å². The minimum Gasteiger partial charge on any atom is -0.507 e. The van der Waals surface area contributed by atoms with E-state index in [0.717, 1.165) is 0 Å². The van der Waals surface area contributed by atoms with Crippen molar-refractivity contribution in [2.75, 3.05) is 12.0 Å². The lowest BCUT2D eigenvalue weighted by molar-refractivity contribution is -0.132. The summed E-state index contributed by atoms with van der Waals surface area (Å²) in [5.41, 5.74) is 1.50. The van der Waals surface area contributed by atoms with E-state index in [0.29, 0.717) is 28.1 Å². The summed E-state index contributed by atoms with van der Waals surface area (Å²) in [6, 6.07) is 15.3. The number of ether oxygens (including phenoxy) is 2. The number of aromatic nitrogens is 1. The lowest BCUT2D eigenvalue weighted by Gasteiger charge is -2.25. The lowest BCUT2D eigenvalue weighted by Crippen LogP contribution is -2.29. The summed E-state index contributed by atoms with van der Waals surface area (Å²) >= 11 is 0. The molecule has 1 aliphatic heterocycles. The van der Waals surface area contributed by atoms with Crippen LogP contribution in [0.1, 0.15) is 41.4 Å². The molecule has 1 atom stereocenters. The van der Waals surface area contributed by atoms with E-state index in [9.17, 15) is 19.5 Å². The lowest BCUT2D eigenvalue weighted by atomic mass is 9.96. The summed E-state index contributed by atoms with van der Waals surface area (Å²) < 4.78 is 10.4. The molecule has 3 aromatic rings. The Balaban J connectivity index is 1.82. The number of carbonyl (C=O) groups is 3. The number of carbonyl (C=O) groups excluding carboxylic acids is 3. The molecule has 2 heterocycles. The van der Waals surface area contributed by atoms with Crippen molar-refractivity contribution in [1.82, 2.24) is 4.98 Å². The Morgan fingerprint density at radius 3 is 2.40 bits per heavy atom. The fourth-order valence-electron chi connectivity index (χ4n) is 3.92. The molecule has 178 valence electrons. The van der Waals surface area contributed by atoms with Gasteiger partial charge in [0.15, 0.2) is 0 Å². The van der Waals surface area contributed by atoms with Gasteiger partial charge >= 0.3 is 5.97 Å². The SMILES string of the molecule is COc1cccc(/C(O)=C2\C(=O)C(=O)N(c3ccc(C(=O)OC(C)C)cc3)C2c2cccnc2)c1. The van der Waals surface area contributed by atoms with Crippen LogP contribution in [0, 0.1) is 0 Å². The van der Waals surface area contributed by atoms with Crippen LogP contribution >= 0.6 is 0 Å². The quantitative estimate of drug-likeness (QED) is 0.247. The molecule has 4 rings (SSSR count). The molecule has 1 unspecified atom stereocenters. The van der Waals surface area contributed by atoms with Crippen molar-refractivity contribution in [3.8, 4) is 5.75 Å². The monoisotopic (exact) mass is 472 g/mol. The number of nitrogens with zero attached hydrogens (tertiary/aromatic N) is 2. The third kappa shape index (κ3) is 4.63. The van der Waals surface area contributed by atoms with E-state index in [1.807, 2.05) is 0 Å². The number of amides is 1. The zero-order chi connectivity index (χ0) is 25.1. The number of Topliss-reactive ketones (excluding diaryl/α,β-unsaturated/α-hetero) is 1. The number of aliphatic hydroxyl groups is 1. The van der Waals surface area contributed by atoms with Gasteiger partial charge in [0.2, 0.25) is 0 Å². The Bertz CT molecular complexity index is 1300. The van der Waals surface area contributed by atoms with E-state index in [1.165, 1.54) is 30.3 Å². The Hall–Kier alpha value is -4.46. The van der Waals surface area contributed by atoms with E-state index >= 15 is 0 Å². The molecule has 1 aliphatic rings. The molecular formula is C27H24N2O6. The van der Waals surface area contributed by atoms with Crippen molar-refractivity contribution in [3.05, 3.63) is 95.3 Å². The smallest absolute Gasteiger partial charge is 0.338 e. The highest BCUT2D eigenvalue weighted by molar-refractivity contribution is 6.51. The van der Waals surface area contributed by atoms with Crippen molar-refractivity contribution < 1.29 is 29.0 Å². The van der Waals surface area contributed by atoms with E-state index in [-0.39, 0.29) is 17.4 Å². The van der Waals surface area contributed by atoms with Crippen LogP contribution in [0.15, 0.2) is 78.6 Å². The number of benzene rings is 2. The topological polar surface area (TPSA) is 106 Å². The molecule has 1 saturated heterocycles. The predicted molar refractivity (Wildman–Crippen MR) is 129 cm³/mol. The largest absolute Gasteiger partial charge is 0.507 e. The fourth-order valence-corrected chi connectivity index (χ4v) is 3.92. The van der Waals surface area contributed by atoms with Gasteiger partial charge in [0.05, 0.1) is 30.4 Å². The second-order valence-corrected chi connectivity index (χ2v) is 8.19. The molecule has 1 aromatic heterocycles. The summed E-state index contributed by atoms with van der Waals surface area (Å²) in [5.74, 6) is -1.96. The van der Waals surface area contributed by atoms with Crippen LogP contribution in [-0.4, -0.2) is 41.0 Å². The molecule has 2 aromatic carbocycles. The molecule has 0 radical (unpaired) electrons. The number of hydrogen-bond acceptors (Lipinski definition) is 7. The van der Waals surface area contributed by atoms with Gasteiger partial charge < -0.3 is 14.6 Å². The van der Waals surface area contributed by atoms with Crippen molar-refractivity contribution in [3.63, 3.8) is 0 Å². The number of methoxy groups -OCH3 is 1. The number of anilines is 1. The van der Waals surface area contributed by atoms with Gasteiger partial charge in [0.1, 0.15) is 11.5 Å². The summed E-state index contributed by atoms with van der Waals surface area (Å²) in [5, 5.41) is 11.2. The summed E-state index contributed by atoms with van der Waals surface area (Å²) in [7, 11) is 1.49. The third-order valence-electron chi connectivity index (χ3n) is 5.51. The molecular weight excluding hydrogens is 448 g/mol. The van der Waals surface area contributed by atoms with E-state index in [1.54, 1.807) is 68.6 Å². The minimum atomic E-state index is -0.927. The number of ketones is 1. The zero-order valence-electron chi connectivity index (χ0n) is 19.5. The summed E-state index contributed by atoms with van der Waals surface area (Å²) in [6.45, 7) is 3.50. The highest BCUT2D eigenvalue weighted by atomic mass is 16.5. The van der Waals surface area contributed by atoms with Crippen molar-refractivity contribution in [1.29, 1.82) is 0 Å². The maximum atomic E-state index is 13.2. The molecule has 35 heavy (non-hydrogen) atoms. The molecule has 8 heteroatoms. The molecule has 1 fully saturated rings. The maximum absolute atomic E-state index is 13.2. The van der Waals surface area contributed by atoms with Crippen LogP contribution < -0.4 is 9.64 Å². The molecule has 8 nitrogen and oxygen atoms in total. The normalized spacial score (nSPS) is 17.0. The second-order valence-electron chi connectivity index (χ2n) is 8.19. The number of esters is 1. The summed E-state index contributed by atoms with van der Waals surface area (Å²) in [6.07, 6.45) is 2.84. The van der Waals surface area contributed by atoms with Gasteiger partial charge in [-0.2, -0.15) is 0 Å². The van der Waals surface area contributed by atoms with Gasteiger partial charge in [-0.05, 0) is 61.9 Å². The number of pyridine rings is 1. The van der Waals surface area contributed by atoms with Gasteiger partial charge in [0, 0.05) is 23.6 Å². The molecule has 0 spiro atoms. The van der Waals surface area contributed by atoms with Crippen LogP contribution in [0.4, 0.5) is 5.69 Å². The van der Waals surface area contributed by atoms with E-state index in [2.05, 4.69) is 4.98 Å². The first kappa shape index (κ1) is 23.7. The van der Waals surface area contributed by atoms with Crippen molar-refractivity contribution in [2.24, 2.45) is 0 Å². The van der Waals surface area contributed by atoms with Crippen LogP contribution in [-0.2, 0) is 14.3 Å². The second kappa shape index (κ2) is 9.80. The van der Waals surface area contributed by atoms with E-state index < -0.39 is 23.7 Å². The molecule has 1 amide bonds. The van der Waals surface area contributed by atoms with E-state index in [4.69, 9.17) is 9.47 Å². The molecule has 0 bridgehead atoms. The van der Waals surface area contributed by atoms with Crippen LogP contribution in [0.5, 0.6) is 5.75 Å². The maximum Gasteiger partial charge on any atom is 0.338 e. The van der Waals surface area contributed by atoms with Crippen LogP contribution in [0.2, 0.25) is 0 Å². The average Bonchev–Trinajstić information content (AvgIpc) is 3.14. The van der Waals surface area contributed by atoms with Gasteiger partial charge in [-0.1, -0.05) is 18.2 Å². The molecule has 1 N–H and O–H groups in total. The van der Waals surface area contributed by atoms with Crippen LogP contribution in [0.3, 0.4) is 0 Å². The Labute approximate surface area is 202 Å². The van der Waals surface area contributed by atoms with Gasteiger partial charge in [-0.15, -0.1) is 0 Å². The zero-order valence-corrected chi connectivity index (χ0v) is 19.5. The van der Waals surface area contributed by atoms with Gasteiger partial charge in [0.25, 0.3) is 11.7 Å². The average molecular weight is 472 g/mol. The highest BCUT2D eigenvalue weighted by Crippen LogP contribution is 2.42. The van der Waals surface area contributed by atoms with Crippen LogP contribution in [0.25, 0.3) is 5.76 Å². The number of hydrogen-bond donors (Lipinski definition) is 1. The molecule has 0 aliphatic carbocycles. The Morgan fingerprint density at radius 2 is 1.77 bits per heavy atom. The first-order chi connectivity index (χ1) is 16.8. The highest BCUT2D eigenvalue weighted by Gasteiger charge is 2.47. The minimum absolute atomic E-state index is 0.0699. The number of rotatable bonds is 6. The van der Waals surface area contributed by atoms with Crippen molar-refractivity contribution >= 4 is 29.1 Å². The number of aliphatic hydroxyl groups excluding tert-OH is 1. The predicted octanol–water partition coefficient (Wildman–Crippen LogP) is 4.28. The third-order valence-corrected chi connectivity index (χ3v) is 5.51. The molecule has 0 saturated carbocycles. The Morgan fingerprint density at radius 1 is 1.03 bits per heavy atom. The Kier molecular flexibility index (Phi) is 6.64.